The van der Waals surface area contributed by atoms with E-state index in [9.17, 15) is 4.79 Å². The van der Waals surface area contributed by atoms with E-state index in [4.69, 9.17) is 16.9 Å². The molecule has 0 aromatic carbocycles. The zero-order chi connectivity index (χ0) is 11.3. The van der Waals surface area contributed by atoms with Crippen LogP contribution < -0.4 is 0 Å². The molecule has 5 heteroatoms. The zero-order valence-corrected chi connectivity index (χ0v) is 9.03. The maximum absolute atomic E-state index is 11.7. The third-order valence-electron chi connectivity index (χ3n) is 1.88. The second-order valence-corrected chi connectivity index (χ2v) is 3.39. The molecule has 78 valence electrons. The van der Waals surface area contributed by atoms with Gasteiger partial charge >= 0.3 is 0 Å². The van der Waals surface area contributed by atoms with Crippen LogP contribution in [0.3, 0.4) is 0 Å². The monoisotopic (exact) mass is 223 g/mol. The molecular weight excluding hydrogens is 214 g/mol. The second-order valence-electron chi connectivity index (χ2n) is 3.00. The van der Waals surface area contributed by atoms with Gasteiger partial charge in [0.2, 0.25) is 0 Å². The molecule has 0 atom stereocenters. The Hall–Kier alpha value is -1.60. The van der Waals surface area contributed by atoms with Crippen LogP contribution in [0.4, 0.5) is 0 Å². The van der Waals surface area contributed by atoms with Gasteiger partial charge in [-0.1, -0.05) is 11.6 Å². The van der Waals surface area contributed by atoms with Gasteiger partial charge in [-0.3, -0.25) is 4.79 Å². The minimum atomic E-state index is -0.158. The van der Waals surface area contributed by atoms with Gasteiger partial charge in [0.15, 0.2) is 0 Å². The smallest absolute Gasteiger partial charge is 0.253 e. The summed E-state index contributed by atoms with van der Waals surface area (Å²) < 4.78 is 0. The number of nitriles is 1. The molecule has 1 amide bonds. The predicted octanol–water partition coefficient (Wildman–Crippen LogP) is 1.72. The first-order valence-electron chi connectivity index (χ1n) is 4.39. The van der Waals surface area contributed by atoms with Crippen LogP contribution in [-0.2, 0) is 0 Å². The van der Waals surface area contributed by atoms with Crippen LogP contribution in [0.2, 0.25) is 5.15 Å². The van der Waals surface area contributed by atoms with E-state index in [1.165, 1.54) is 17.2 Å². The number of pyridine rings is 1. The highest BCUT2D eigenvalue weighted by atomic mass is 35.5. The molecule has 0 bridgehead atoms. The van der Waals surface area contributed by atoms with Crippen molar-refractivity contribution in [2.24, 2.45) is 0 Å². The van der Waals surface area contributed by atoms with E-state index in [1.807, 2.05) is 6.07 Å². The summed E-state index contributed by atoms with van der Waals surface area (Å²) >= 11 is 5.66. The lowest BCUT2D eigenvalue weighted by atomic mass is 10.2. The molecule has 15 heavy (non-hydrogen) atoms. The summed E-state index contributed by atoms with van der Waals surface area (Å²) in [7, 11) is 1.65. The molecule has 4 nitrogen and oxygen atoms in total. The van der Waals surface area contributed by atoms with E-state index in [0.717, 1.165) is 0 Å². The molecule has 0 saturated carbocycles. The highest BCUT2D eigenvalue weighted by molar-refractivity contribution is 6.29. The van der Waals surface area contributed by atoms with Crippen LogP contribution >= 0.6 is 11.6 Å². The summed E-state index contributed by atoms with van der Waals surface area (Å²) in [4.78, 5) is 17.0. The number of rotatable bonds is 3. The third-order valence-corrected chi connectivity index (χ3v) is 2.09. The molecule has 0 fully saturated rings. The number of aromatic nitrogens is 1. The van der Waals surface area contributed by atoms with Crippen molar-refractivity contribution < 1.29 is 4.79 Å². The zero-order valence-electron chi connectivity index (χ0n) is 8.27. The highest BCUT2D eigenvalue weighted by Gasteiger charge is 2.11. The standard InChI is InChI=1S/C10H10ClN3O/c1-14(6-2-4-12)10(15)8-3-5-13-9(11)7-8/h3,5,7H,2,6H2,1H3. The van der Waals surface area contributed by atoms with Gasteiger partial charge in [0.1, 0.15) is 5.15 Å². The summed E-state index contributed by atoms with van der Waals surface area (Å²) in [6.07, 6.45) is 1.80. The molecule has 0 unspecified atom stereocenters. The molecule has 1 rings (SSSR count). The Bertz CT molecular complexity index is 400. The maximum atomic E-state index is 11.7. The van der Waals surface area contributed by atoms with Crippen LogP contribution in [0.1, 0.15) is 16.8 Å². The van der Waals surface area contributed by atoms with Crippen molar-refractivity contribution in [1.29, 1.82) is 5.26 Å². The van der Waals surface area contributed by atoms with Crippen LogP contribution in [0.5, 0.6) is 0 Å². The topological polar surface area (TPSA) is 57.0 Å². The van der Waals surface area contributed by atoms with Gasteiger partial charge in [-0.2, -0.15) is 5.26 Å². The Morgan fingerprint density at radius 3 is 3.07 bits per heavy atom. The minimum absolute atomic E-state index is 0.158. The van der Waals surface area contributed by atoms with Crippen LogP contribution in [0, 0.1) is 11.3 Å². The van der Waals surface area contributed by atoms with Gasteiger partial charge in [0, 0.05) is 25.4 Å². The molecule has 0 aliphatic heterocycles. The van der Waals surface area contributed by atoms with Gasteiger partial charge in [-0.05, 0) is 12.1 Å². The van der Waals surface area contributed by atoms with E-state index in [1.54, 1.807) is 13.1 Å². The fourth-order valence-corrected chi connectivity index (χ4v) is 1.25. The highest BCUT2D eigenvalue weighted by Crippen LogP contribution is 2.09. The SMILES string of the molecule is CN(CCC#N)C(=O)c1ccnc(Cl)c1. The summed E-state index contributed by atoms with van der Waals surface area (Å²) in [5, 5.41) is 8.68. The Morgan fingerprint density at radius 1 is 1.73 bits per heavy atom. The van der Waals surface area contributed by atoms with Gasteiger partial charge in [-0.25, -0.2) is 4.98 Å². The summed E-state index contributed by atoms with van der Waals surface area (Å²) in [5.41, 5.74) is 0.482. The van der Waals surface area contributed by atoms with Crippen molar-refractivity contribution in [3.05, 3.63) is 29.0 Å². The first-order valence-corrected chi connectivity index (χ1v) is 4.77. The molecule has 0 spiro atoms. The van der Waals surface area contributed by atoms with Crippen molar-refractivity contribution in [3.8, 4) is 6.07 Å². The first-order chi connectivity index (χ1) is 7.15. The van der Waals surface area contributed by atoms with Crippen LogP contribution in [0.15, 0.2) is 18.3 Å². The Balaban J connectivity index is 2.72. The molecule has 0 radical (unpaired) electrons. The third kappa shape index (κ3) is 3.22. The van der Waals surface area contributed by atoms with Gasteiger partial charge < -0.3 is 4.90 Å². The number of hydrogen-bond donors (Lipinski definition) is 0. The molecule has 0 N–H and O–H groups in total. The van der Waals surface area contributed by atoms with Crippen molar-refractivity contribution in [2.75, 3.05) is 13.6 Å². The predicted molar refractivity (Wildman–Crippen MR) is 56.4 cm³/mol. The van der Waals surface area contributed by atoms with Gasteiger partial charge in [0.25, 0.3) is 5.91 Å². The van der Waals surface area contributed by atoms with E-state index in [2.05, 4.69) is 4.98 Å². The summed E-state index contributed by atoms with van der Waals surface area (Å²) in [6.45, 7) is 0.412. The fourth-order valence-electron chi connectivity index (χ4n) is 1.08. The van der Waals surface area contributed by atoms with Crippen LogP contribution in [0.25, 0.3) is 0 Å². The van der Waals surface area contributed by atoms with E-state index in [0.29, 0.717) is 18.5 Å². The van der Waals surface area contributed by atoms with Crippen molar-refractivity contribution >= 4 is 17.5 Å². The normalized spacial score (nSPS) is 9.40. The lowest BCUT2D eigenvalue weighted by molar-refractivity contribution is 0.0798. The van der Waals surface area contributed by atoms with Gasteiger partial charge in [0.05, 0.1) is 12.5 Å². The number of halogens is 1. The van der Waals surface area contributed by atoms with Crippen LogP contribution in [-0.4, -0.2) is 29.4 Å². The molecule has 0 aliphatic carbocycles. The molecular formula is C10H10ClN3O. The molecule has 1 aromatic rings. The average Bonchev–Trinajstić information content (AvgIpc) is 2.24. The molecule has 0 saturated heterocycles. The van der Waals surface area contributed by atoms with E-state index >= 15 is 0 Å². The minimum Gasteiger partial charge on any atom is -0.341 e. The quantitative estimate of drug-likeness (QED) is 0.734. The Kier molecular flexibility index (Phi) is 4.07. The second kappa shape index (κ2) is 5.32. The van der Waals surface area contributed by atoms with E-state index in [-0.39, 0.29) is 11.1 Å². The van der Waals surface area contributed by atoms with Crippen molar-refractivity contribution in [2.45, 2.75) is 6.42 Å². The Labute approximate surface area is 93.1 Å². The Morgan fingerprint density at radius 2 is 2.47 bits per heavy atom. The number of carbonyl (C=O) groups excluding carboxylic acids is 1. The summed E-state index contributed by atoms with van der Waals surface area (Å²) in [5.74, 6) is -0.158. The summed E-state index contributed by atoms with van der Waals surface area (Å²) in [6, 6.07) is 5.09. The lowest BCUT2D eigenvalue weighted by Gasteiger charge is -2.15. The lowest BCUT2D eigenvalue weighted by Crippen LogP contribution is -2.27. The van der Waals surface area contributed by atoms with Crippen molar-refractivity contribution in [1.82, 2.24) is 9.88 Å². The average molecular weight is 224 g/mol. The maximum Gasteiger partial charge on any atom is 0.253 e. The van der Waals surface area contributed by atoms with Crippen molar-refractivity contribution in [3.63, 3.8) is 0 Å². The number of amides is 1. The number of nitrogens with zero attached hydrogens (tertiary/aromatic N) is 3. The fraction of sp³-hybridized carbons (Fsp3) is 0.300. The number of carbonyl (C=O) groups is 1. The van der Waals surface area contributed by atoms with E-state index < -0.39 is 0 Å². The molecule has 1 heterocycles. The molecule has 1 aromatic heterocycles. The largest absolute Gasteiger partial charge is 0.341 e. The first kappa shape index (κ1) is 11.5. The number of hydrogen-bond acceptors (Lipinski definition) is 3. The molecule has 0 aliphatic rings. The van der Waals surface area contributed by atoms with Gasteiger partial charge in [-0.15, -0.1) is 0 Å².